The molecular formula is C14H19NO3. The molecule has 4 nitrogen and oxygen atoms in total. The van der Waals surface area contributed by atoms with Gasteiger partial charge < -0.3 is 9.64 Å². The zero-order chi connectivity index (χ0) is 13.5. The van der Waals surface area contributed by atoms with Crippen LogP contribution in [0.25, 0.3) is 0 Å². The molecule has 1 aromatic rings. The molecule has 0 heterocycles. The lowest BCUT2D eigenvalue weighted by molar-refractivity contribution is -0.145. The van der Waals surface area contributed by atoms with Gasteiger partial charge in [0.2, 0.25) is 5.91 Å². The predicted molar refractivity (Wildman–Crippen MR) is 70.5 cm³/mol. The Hall–Kier alpha value is -1.84. The number of nitrogens with zero attached hydrogens (tertiary/aromatic N) is 1. The van der Waals surface area contributed by atoms with Crippen LogP contribution in [-0.2, 0) is 20.7 Å². The van der Waals surface area contributed by atoms with Gasteiger partial charge in [-0.05, 0) is 31.0 Å². The summed E-state index contributed by atoms with van der Waals surface area (Å²) in [4.78, 5) is 24.5. The number of hydrogen-bond donors (Lipinski definition) is 0. The van der Waals surface area contributed by atoms with Crippen LogP contribution in [0.1, 0.15) is 25.8 Å². The predicted octanol–water partition coefficient (Wildman–Crippen LogP) is 2.17. The van der Waals surface area contributed by atoms with Crippen LogP contribution in [0.15, 0.2) is 24.3 Å². The highest BCUT2D eigenvalue weighted by molar-refractivity contribution is 6.03. The van der Waals surface area contributed by atoms with Crippen molar-refractivity contribution in [3.8, 4) is 0 Å². The van der Waals surface area contributed by atoms with Gasteiger partial charge in [0.1, 0.15) is 6.42 Å². The lowest BCUT2D eigenvalue weighted by Gasteiger charge is -2.17. The van der Waals surface area contributed by atoms with E-state index in [-0.39, 0.29) is 12.3 Å². The van der Waals surface area contributed by atoms with E-state index in [1.165, 1.54) is 10.5 Å². The summed E-state index contributed by atoms with van der Waals surface area (Å²) in [5.41, 5.74) is 1.99. The molecule has 0 N–H and O–H groups in total. The number of aryl methyl sites for hydroxylation is 1. The zero-order valence-corrected chi connectivity index (χ0v) is 11.1. The molecule has 0 spiro atoms. The molecule has 0 aromatic heterocycles. The van der Waals surface area contributed by atoms with Crippen LogP contribution in [0.4, 0.5) is 5.69 Å². The largest absolute Gasteiger partial charge is 0.466 e. The zero-order valence-electron chi connectivity index (χ0n) is 11.1. The Morgan fingerprint density at radius 2 is 1.78 bits per heavy atom. The van der Waals surface area contributed by atoms with Crippen LogP contribution in [0.3, 0.4) is 0 Å². The summed E-state index contributed by atoms with van der Waals surface area (Å²) in [6.45, 7) is 4.08. The molecule has 0 saturated carbocycles. The molecular weight excluding hydrogens is 230 g/mol. The molecule has 0 atom stereocenters. The van der Waals surface area contributed by atoms with E-state index >= 15 is 0 Å². The molecule has 4 heteroatoms. The Balaban J connectivity index is 2.64. The SMILES string of the molecule is CCOC(=O)CC(=O)N(C)c1ccc(CC)cc1. The average molecular weight is 249 g/mol. The number of benzene rings is 1. The van der Waals surface area contributed by atoms with Gasteiger partial charge in [-0.25, -0.2) is 0 Å². The number of esters is 1. The van der Waals surface area contributed by atoms with Crippen LogP contribution < -0.4 is 4.90 Å². The Kier molecular flexibility index (Phi) is 5.36. The number of amides is 1. The summed E-state index contributed by atoms with van der Waals surface area (Å²) in [7, 11) is 1.66. The number of hydrogen-bond acceptors (Lipinski definition) is 3. The summed E-state index contributed by atoms with van der Waals surface area (Å²) in [5.74, 6) is -0.753. The number of rotatable bonds is 5. The third-order valence-electron chi connectivity index (χ3n) is 2.71. The Morgan fingerprint density at radius 1 is 1.17 bits per heavy atom. The molecule has 0 radical (unpaired) electrons. The van der Waals surface area contributed by atoms with E-state index in [2.05, 4.69) is 6.92 Å². The summed E-state index contributed by atoms with van der Waals surface area (Å²) in [6, 6.07) is 7.71. The molecule has 0 aliphatic carbocycles. The number of anilines is 1. The van der Waals surface area contributed by atoms with Gasteiger partial charge >= 0.3 is 5.97 Å². The first-order valence-electron chi connectivity index (χ1n) is 6.09. The fourth-order valence-corrected chi connectivity index (χ4v) is 1.55. The molecule has 1 rings (SSSR count). The highest BCUT2D eigenvalue weighted by atomic mass is 16.5. The van der Waals surface area contributed by atoms with Crippen molar-refractivity contribution in [2.45, 2.75) is 26.7 Å². The normalized spacial score (nSPS) is 9.94. The minimum Gasteiger partial charge on any atom is -0.466 e. The first-order chi connectivity index (χ1) is 8.58. The Morgan fingerprint density at radius 3 is 2.28 bits per heavy atom. The van der Waals surface area contributed by atoms with Crippen LogP contribution in [0.5, 0.6) is 0 Å². The fourth-order valence-electron chi connectivity index (χ4n) is 1.55. The Labute approximate surface area is 108 Å². The molecule has 0 aliphatic heterocycles. The minimum atomic E-state index is -0.487. The maximum absolute atomic E-state index is 11.8. The third-order valence-corrected chi connectivity index (χ3v) is 2.71. The molecule has 0 bridgehead atoms. The van der Waals surface area contributed by atoms with Gasteiger partial charge in [-0.2, -0.15) is 0 Å². The summed E-state index contributed by atoms with van der Waals surface area (Å²) in [6.07, 6.45) is 0.737. The monoisotopic (exact) mass is 249 g/mol. The quantitative estimate of drug-likeness (QED) is 0.593. The third kappa shape index (κ3) is 3.87. The van der Waals surface area contributed by atoms with Crippen LogP contribution in [-0.4, -0.2) is 25.5 Å². The van der Waals surface area contributed by atoms with E-state index in [0.717, 1.165) is 12.1 Å². The van der Waals surface area contributed by atoms with E-state index < -0.39 is 5.97 Å². The number of ether oxygens (including phenoxy) is 1. The van der Waals surface area contributed by atoms with Crippen molar-refractivity contribution in [1.82, 2.24) is 0 Å². The van der Waals surface area contributed by atoms with Gasteiger partial charge in [0.15, 0.2) is 0 Å². The van der Waals surface area contributed by atoms with E-state index in [0.29, 0.717) is 6.61 Å². The van der Waals surface area contributed by atoms with Crippen molar-refractivity contribution >= 4 is 17.6 Å². The first kappa shape index (κ1) is 14.2. The molecule has 1 amide bonds. The van der Waals surface area contributed by atoms with Crippen molar-refractivity contribution in [3.05, 3.63) is 29.8 Å². The van der Waals surface area contributed by atoms with Crippen LogP contribution >= 0.6 is 0 Å². The fraction of sp³-hybridized carbons (Fsp3) is 0.429. The molecule has 98 valence electrons. The maximum Gasteiger partial charge on any atom is 0.315 e. The molecule has 18 heavy (non-hydrogen) atoms. The van der Waals surface area contributed by atoms with Crippen molar-refractivity contribution in [2.75, 3.05) is 18.6 Å². The average Bonchev–Trinajstić information content (AvgIpc) is 2.38. The second kappa shape index (κ2) is 6.79. The second-order valence-electron chi connectivity index (χ2n) is 3.95. The van der Waals surface area contributed by atoms with Crippen LogP contribution in [0.2, 0.25) is 0 Å². The van der Waals surface area contributed by atoms with Crippen molar-refractivity contribution in [3.63, 3.8) is 0 Å². The maximum atomic E-state index is 11.8. The van der Waals surface area contributed by atoms with Crippen LogP contribution in [0, 0.1) is 0 Å². The smallest absolute Gasteiger partial charge is 0.315 e. The Bertz CT molecular complexity index is 412. The topological polar surface area (TPSA) is 46.6 Å². The second-order valence-corrected chi connectivity index (χ2v) is 3.95. The van der Waals surface area contributed by atoms with E-state index in [9.17, 15) is 9.59 Å². The standard InChI is InChI=1S/C14H19NO3/c1-4-11-6-8-12(9-7-11)15(3)13(16)10-14(17)18-5-2/h6-9H,4-5,10H2,1-3H3. The highest BCUT2D eigenvalue weighted by Crippen LogP contribution is 2.15. The molecule has 0 aliphatic rings. The summed E-state index contributed by atoms with van der Waals surface area (Å²) >= 11 is 0. The number of carbonyl (C=O) groups is 2. The molecule has 0 unspecified atom stereocenters. The van der Waals surface area contributed by atoms with Gasteiger partial charge in [-0.15, -0.1) is 0 Å². The molecule has 1 aromatic carbocycles. The molecule has 0 fully saturated rings. The minimum absolute atomic E-state index is 0.222. The van der Waals surface area contributed by atoms with Crippen molar-refractivity contribution in [1.29, 1.82) is 0 Å². The van der Waals surface area contributed by atoms with Gasteiger partial charge in [0.05, 0.1) is 6.61 Å². The summed E-state index contributed by atoms with van der Waals surface area (Å²) < 4.78 is 4.75. The highest BCUT2D eigenvalue weighted by Gasteiger charge is 2.15. The first-order valence-corrected chi connectivity index (χ1v) is 6.09. The van der Waals surface area contributed by atoms with E-state index in [1.807, 2.05) is 24.3 Å². The van der Waals surface area contributed by atoms with Gasteiger partial charge in [0.25, 0.3) is 0 Å². The lowest BCUT2D eigenvalue weighted by atomic mass is 10.1. The summed E-state index contributed by atoms with van der Waals surface area (Å²) in [5, 5.41) is 0. The lowest BCUT2D eigenvalue weighted by Crippen LogP contribution is -2.28. The molecule has 0 saturated heterocycles. The van der Waals surface area contributed by atoms with E-state index in [1.54, 1.807) is 14.0 Å². The van der Waals surface area contributed by atoms with Crippen molar-refractivity contribution in [2.24, 2.45) is 0 Å². The number of carbonyl (C=O) groups excluding carboxylic acids is 2. The van der Waals surface area contributed by atoms with Gasteiger partial charge in [-0.3, -0.25) is 9.59 Å². The van der Waals surface area contributed by atoms with Gasteiger partial charge in [0, 0.05) is 12.7 Å². The van der Waals surface area contributed by atoms with Crippen molar-refractivity contribution < 1.29 is 14.3 Å². The van der Waals surface area contributed by atoms with Gasteiger partial charge in [-0.1, -0.05) is 19.1 Å². The van der Waals surface area contributed by atoms with E-state index in [4.69, 9.17) is 4.74 Å².